The minimum absolute atomic E-state index is 0. The van der Waals surface area contributed by atoms with Crippen molar-refractivity contribution in [1.82, 2.24) is 15.1 Å². The van der Waals surface area contributed by atoms with Crippen LogP contribution in [0.5, 0.6) is 0 Å². The molecule has 4 fully saturated rings. The van der Waals surface area contributed by atoms with Crippen LogP contribution in [0.4, 0.5) is 0 Å². The van der Waals surface area contributed by atoms with Gasteiger partial charge in [0.05, 0.1) is 11.5 Å². The second-order valence-electron chi connectivity index (χ2n) is 9.50. The number of aliphatic imine (C=N–C) groups is 1. The summed E-state index contributed by atoms with van der Waals surface area (Å²) in [4.78, 5) is 9.96. The van der Waals surface area contributed by atoms with E-state index in [2.05, 4.69) is 29.0 Å². The molecule has 2 saturated heterocycles. The van der Waals surface area contributed by atoms with E-state index in [1.54, 1.807) is 0 Å². The molecule has 2 aliphatic carbocycles. The molecule has 0 radical (unpaired) electrons. The molecule has 2 aliphatic heterocycles. The number of hydrogen-bond donors (Lipinski definition) is 1. The van der Waals surface area contributed by atoms with Crippen molar-refractivity contribution in [1.29, 1.82) is 0 Å². The van der Waals surface area contributed by atoms with Crippen LogP contribution in [-0.2, 0) is 9.84 Å². The SMILES string of the molecule is CC(C)NC(=NCC1CCS(=O)(=O)C1)N1CCN(C2CC3CCC2C3)CC1.I. The van der Waals surface area contributed by atoms with Gasteiger partial charge in [0.2, 0.25) is 0 Å². The van der Waals surface area contributed by atoms with E-state index >= 15 is 0 Å². The number of nitrogens with zero attached hydrogens (tertiary/aromatic N) is 3. The van der Waals surface area contributed by atoms with E-state index in [-0.39, 0.29) is 29.9 Å². The minimum Gasteiger partial charge on any atom is -0.354 e. The maximum atomic E-state index is 11.7. The zero-order valence-electron chi connectivity index (χ0n) is 17.3. The summed E-state index contributed by atoms with van der Waals surface area (Å²) in [5, 5.41) is 3.51. The highest BCUT2D eigenvalue weighted by atomic mass is 127. The Morgan fingerprint density at radius 3 is 2.39 bits per heavy atom. The normalized spacial score (nSPS) is 35.4. The average molecular weight is 525 g/mol. The Kier molecular flexibility index (Phi) is 7.56. The van der Waals surface area contributed by atoms with Crippen LogP contribution in [0.15, 0.2) is 4.99 Å². The smallest absolute Gasteiger partial charge is 0.194 e. The van der Waals surface area contributed by atoms with Crippen LogP contribution in [0.3, 0.4) is 0 Å². The first kappa shape index (κ1) is 22.6. The number of guanidine groups is 1. The molecule has 0 spiro atoms. The van der Waals surface area contributed by atoms with E-state index in [1.165, 1.54) is 25.7 Å². The third-order valence-electron chi connectivity index (χ3n) is 7.03. The standard InChI is InChI=1S/C20H36N4O2S.HI/c1-15(2)22-20(21-13-17-5-10-27(25,26)14-17)24-8-6-23(7-9-24)19-12-16-3-4-18(19)11-16;/h15-19H,3-14H2,1-2H3,(H,21,22);1H. The van der Waals surface area contributed by atoms with Crippen molar-refractivity contribution in [2.75, 3.05) is 44.2 Å². The molecule has 4 unspecified atom stereocenters. The van der Waals surface area contributed by atoms with E-state index in [1.807, 2.05) is 0 Å². The van der Waals surface area contributed by atoms with Crippen LogP contribution in [0.25, 0.3) is 0 Å². The van der Waals surface area contributed by atoms with Gasteiger partial charge in [0.1, 0.15) is 0 Å². The predicted octanol–water partition coefficient (Wildman–Crippen LogP) is 2.20. The molecule has 0 amide bonds. The average Bonchev–Trinajstić information content (AvgIpc) is 3.34. The van der Waals surface area contributed by atoms with E-state index in [0.29, 0.717) is 24.1 Å². The Morgan fingerprint density at radius 1 is 1.11 bits per heavy atom. The lowest BCUT2D eigenvalue weighted by Crippen LogP contribution is -2.56. The fourth-order valence-corrected chi connectivity index (χ4v) is 7.50. The number of fused-ring (bicyclic) bond motifs is 2. The molecule has 1 N–H and O–H groups in total. The zero-order valence-corrected chi connectivity index (χ0v) is 20.5. The summed E-state index contributed by atoms with van der Waals surface area (Å²) in [7, 11) is -2.82. The van der Waals surface area contributed by atoms with Crippen LogP contribution in [-0.4, -0.2) is 80.5 Å². The van der Waals surface area contributed by atoms with E-state index in [0.717, 1.165) is 56.4 Å². The molecular formula is C20H37IN4O2S. The summed E-state index contributed by atoms with van der Waals surface area (Å²) >= 11 is 0. The van der Waals surface area contributed by atoms with Gasteiger partial charge in [0, 0.05) is 44.8 Å². The van der Waals surface area contributed by atoms with E-state index in [9.17, 15) is 8.42 Å². The van der Waals surface area contributed by atoms with Gasteiger partial charge in [-0.05, 0) is 57.3 Å². The van der Waals surface area contributed by atoms with Gasteiger partial charge in [-0.1, -0.05) is 6.42 Å². The van der Waals surface area contributed by atoms with Gasteiger partial charge < -0.3 is 10.2 Å². The summed E-state index contributed by atoms with van der Waals surface area (Å²) in [5.41, 5.74) is 0. The lowest BCUT2D eigenvalue weighted by molar-refractivity contribution is 0.0955. The third-order valence-corrected chi connectivity index (χ3v) is 8.86. The molecule has 4 atom stereocenters. The molecule has 0 aromatic carbocycles. The van der Waals surface area contributed by atoms with E-state index < -0.39 is 9.84 Å². The molecule has 2 heterocycles. The second-order valence-corrected chi connectivity index (χ2v) is 11.7. The molecule has 0 aromatic heterocycles. The summed E-state index contributed by atoms with van der Waals surface area (Å²) in [6.07, 6.45) is 6.57. The number of sulfone groups is 1. The van der Waals surface area contributed by atoms with Gasteiger partial charge in [0.15, 0.2) is 15.8 Å². The Balaban J connectivity index is 0.00000225. The number of nitrogens with one attached hydrogen (secondary N) is 1. The first-order valence-electron chi connectivity index (χ1n) is 10.9. The quantitative estimate of drug-likeness (QED) is 0.347. The molecule has 28 heavy (non-hydrogen) atoms. The van der Waals surface area contributed by atoms with Crippen LogP contribution in [0.1, 0.15) is 46.0 Å². The number of piperazine rings is 1. The van der Waals surface area contributed by atoms with Gasteiger partial charge in [0.25, 0.3) is 0 Å². The Bertz CT molecular complexity index is 661. The lowest BCUT2D eigenvalue weighted by atomic mass is 9.93. The largest absolute Gasteiger partial charge is 0.354 e. The van der Waals surface area contributed by atoms with Gasteiger partial charge in [-0.3, -0.25) is 9.89 Å². The molecule has 6 nitrogen and oxygen atoms in total. The summed E-state index contributed by atoms with van der Waals surface area (Å²) < 4.78 is 23.4. The van der Waals surface area contributed by atoms with Crippen molar-refractivity contribution in [2.24, 2.45) is 22.7 Å². The monoisotopic (exact) mass is 524 g/mol. The van der Waals surface area contributed by atoms with Crippen molar-refractivity contribution in [3.8, 4) is 0 Å². The fourth-order valence-electron chi connectivity index (χ4n) is 5.65. The highest BCUT2D eigenvalue weighted by molar-refractivity contribution is 14.0. The fraction of sp³-hybridized carbons (Fsp3) is 0.950. The molecule has 162 valence electrons. The highest BCUT2D eigenvalue weighted by Gasteiger charge is 2.42. The van der Waals surface area contributed by atoms with Crippen molar-refractivity contribution < 1.29 is 8.42 Å². The van der Waals surface area contributed by atoms with Crippen molar-refractivity contribution >= 4 is 39.8 Å². The number of hydrogen-bond acceptors (Lipinski definition) is 4. The second kappa shape index (κ2) is 9.37. The Labute approximate surface area is 187 Å². The van der Waals surface area contributed by atoms with E-state index in [4.69, 9.17) is 4.99 Å². The maximum absolute atomic E-state index is 11.7. The minimum atomic E-state index is -2.82. The van der Waals surface area contributed by atoms with Crippen molar-refractivity contribution in [3.05, 3.63) is 0 Å². The van der Waals surface area contributed by atoms with Crippen molar-refractivity contribution in [3.63, 3.8) is 0 Å². The topological polar surface area (TPSA) is 65.0 Å². The molecular weight excluding hydrogens is 487 g/mol. The van der Waals surface area contributed by atoms with Crippen LogP contribution >= 0.6 is 24.0 Å². The maximum Gasteiger partial charge on any atom is 0.194 e. The molecule has 4 rings (SSSR count). The number of rotatable bonds is 4. The van der Waals surface area contributed by atoms with Gasteiger partial charge >= 0.3 is 0 Å². The molecule has 2 bridgehead atoms. The number of halogens is 1. The van der Waals surface area contributed by atoms with Gasteiger partial charge in [-0.25, -0.2) is 8.42 Å². The van der Waals surface area contributed by atoms with Crippen LogP contribution in [0, 0.1) is 17.8 Å². The molecule has 4 aliphatic rings. The van der Waals surface area contributed by atoms with Gasteiger partial charge in [-0.15, -0.1) is 24.0 Å². The zero-order chi connectivity index (χ0) is 19.0. The highest BCUT2D eigenvalue weighted by Crippen LogP contribution is 2.46. The summed E-state index contributed by atoms with van der Waals surface area (Å²) in [6.45, 7) is 9.21. The molecule has 0 aromatic rings. The predicted molar refractivity (Wildman–Crippen MR) is 125 cm³/mol. The third kappa shape index (κ3) is 5.33. The Morgan fingerprint density at radius 2 is 1.86 bits per heavy atom. The lowest BCUT2D eigenvalue weighted by Gasteiger charge is -2.42. The summed E-state index contributed by atoms with van der Waals surface area (Å²) in [6, 6.07) is 1.16. The Hall–Kier alpha value is -0.0900. The summed E-state index contributed by atoms with van der Waals surface area (Å²) in [5.74, 6) is 3.76. The van der Waals surface area contributed by atoms with Crippen LogP contribution < -0.4 is 5.32 Å². The van der Waals surface area contributed by atoms with Crippen LogP contribution in [0.2, 0.25) is 0 Å². The van der Waals surface area contributed by atoms with Gasteiger partial charge in [-0.2, -0.15) is 0 Å². The molecule has 8 heteroatoms. The first-order valence-corrected chi connectivity index (χ1v) is 12.7. The molecule has 2 saturated carbocycles. The van der Waals surface area contributed by atoms with Crippen molar-refractivity contribution in [2.45, 2.75) is 58.0 Å². The first-order chi connectivity index (χ1) is 12.9.